The maximum absolute atomic E-state index is 12.2. The van der Waals surface area contributed by atoms with Crippen LogP contribution in [0.25, 0.3) is 11.1 Å². The Hall–Kier alpha value is -3.16. The summed E-state index contributed by atoms with van der Waals surface area (Å²) in [6.07, 6.45) is 0. The zero-order chi connectivity index (χ0) is 20.3. The van der Waals surface area contributed by atoms with E-state index in [0.29, 0.717) is 22.5 Å². The quantitative estimate of drug-likeness (QED) is 0.549. The Bertz CT molecular complexity index is 1120. The van der Waals surface area contributed by atoms with Crippen molar-refractivity contribution in [1.82, 2.24) is 0 Å². The van der Waals surface area contributed by atoms with Crippen LogP contribution in [0.15, 0.2) is 71.6 Å². The van der Waals surface area contributed by atoms with Gasteiger partial charge in [0.25, 0.3) is 10.1 Å². The smallest absolute Gasteiger partial charge is 0.308 e. The van der Waals surface area contributed by atoms with Gasteiger partial charge in [0.2, 0.25) is 0 Å². The Morgan fingerprint density at radius 1 is 0.893 bits per heavy atom. The number of anilines is 2. The van der Waals surface area contributed by atoms with Crippen LogP contribution in [0.2, 0.25) is 0 Å². The third-order valence-electron chi connectivity index (χ3n) is 4.26. The molecule has 0 aliphatic heterocycles. The molecular weight excluding hydrogens is 376 g/mol. The van der Waals surface area contributed by atoms with E-state index in [1.807, 2.05) is 38.1 Å². The molecule has 28 heavy (non-hydrogen) atoms. The first-order valence-corrected chi connectivity index (χ1v) is 10.0. The second-order valence-electron chi connectivity index (χ2n) is 6.45. The maximum atomic E-state index is 12.2. The molecule has 0 atom stereocenters. The fourth-order valence-corrected chi connectivity index (χ4v) is 3.52. The molecule has 6 nitrogen and oxygen atoms in total. The van der Waals surface area contributed by atoms with Gasteiger partial charge in [0.05, 0.1) is 0 Å². The van der Waals surface area contributed by atoms with Crippen LogP contribution in [-0.4, -0.2) is 19.0 Å². The predicted molar refractivity (Wildman–Crippen MR) is 110 cm³/mol. The highest BCUT2D eigenvalue weighted by Gasteiger charge is 2.16. The standard InChI is InChI=1S/C21H20N2O4S/c1-14-7-12-20(28(25,26)27)18(13-14)16-8-10-17(11-9-16)22-21(24)23-19-6-4-3-5-15(19)2/h3-13H,1-2H3,(H2,22,23,24)(H,25,26,27). The number of rotatable bonds is 4. The predicted octanol–water partition coefficient (Wildman–Crippen LogP) is 4.86. The van der Waals surface area contributed by atoms with E-state index in [2.05, 4.69) is 10.6 Å². The summed E-state index contributed by atoms with van der Waals surface area (Å²) >= 11 is 0. The number of hydrogen-bond acceptors (Lipinski definition) is 3. The van der Waals surface area contributed by atoms with Crippen LogP contribution in [0.1, 0.15) is 11.1 Å². The molecular formula is C21H20N2O4S. The lowest BCUT2D eigenvalue weighted by Gasteiger charge is -2.11. The molecule has 0 aliphatic rings. The van der Waals surface area contributed by atoms with E-state index in [1.54, 1.807) is 36.4 Å². The van der Waals surface area contributed by atoms with Gasteiger partial charge >= 0.3 is 6.03 Å². The monoisotopic (exact) mass is 396 g/mol. The summed E-state index contributed by atoms with van der Waals surface area (Å²) < 4.78 is 32.7. The molecule has 0 fully saturated rings. The zero-order valence-electron chi connectivity index (χ0n) is 15.4. The molecule has 0 aliphatic carbocycles. The largest absolute Gasteiger partial charge is 0.323 e. The third-order valence-corrected chi connectivity index (χ3v) is 5.17. The molecule has 0 unspecified atom stereocenters. The SMILES string of the molecule is Cc1ccc(S(=O)(=O)O)c(-c2ccc(NC(=O)Nc3ccccc3C)cc2)c1. The van der Waals surface area contributed by atoms with Gasteiger partial charge in [-0.25, -0.2) is 4.79 Å². The number of carbonyl (C=O) groups excluding carboxylic acids is 1. The summed E-state index contributed by atoms with van der Waals surface area (Å²) in [5.41, 5.74) is 4.09. The minimum atomic E-state index is -4.35. The highest BCUT2D eigenvalue weighted by atomic mass is 32.2. The average molecular weight is 396 g/mol. The maximum Gasteiger partial charge on any atom is 0.323 e. The molecule has 2 amide bonds. The first-order valence-electron chi connectivity index (χ1n) is 8.56. The van der Waals surface area contributed by atoms with E-state index in [4.69, 9.17) is 0 Å². The molecule has 0 heterocycles. The van der Waals surface area contributed by atoms with E-state index < -0.39 is 10.1 Å². The van der Waals surface area contributed by atoms with Gasteiger partial charge in [0.1, 0.15) is 4.90 Å². The Morgan fingerprint density at radius 3 is 2.21 bits per heavy atom. The Balaban J connectivity index is 1.80. The first kappa shape index (κ1) is 19.6. The topological polar surface area (TPSA) is 95.5 Å². The Morgan fingerprint density at radius 2 is 1.57 bits per heavy atom. The van der Waals surface area contributed by atoms with Crippen molar-refractivity contribution >= 4 is 27.5 Å². The Labute approximate surface area is 164 Å². The summed E-state index contributed by atoms with van der Waals surface area (Å²) in [7, 11) is -4.35. The van der Waals surface area contributed by atoms with E-state index in [-0.39, 0.29) is 10.9 Å². The van der Waals surface area contributed by atoms with Gasteiger partial charge in [-0.15, -0.1) is 0 Å². The summed E-state index contributed by atoms with van der Waals surface area (Å²) in [6, 6.07) is 18.5. The first-order chi connectivity index (χ1) is 13.2. The molecule has 0 aromatic heterocycles. The lowest BCUT2D eigenvalue weighted by molar-refractivity contribution is 0.262. The van der Waals surface area contributed by atoms with Crippen molar-refractivity contribution in [1.29, 1.82) is 0 Å². The number of aryl methyl sites for hydroxylation is 2. The summed E-state index contributed by atoms with van der Waals surface area (Å²) in [5, 5.41) is 5.51. The molecule has 0 radical (unpaired) electrons. The van der Waals surface area contributed by atoms with Crippen molar-refractivity contribution in [2.24, 2.45) is 0 Å². The second kappa shape index (κ2) is 7.84. The number of para-hydroxylation sites is 1. The lowest BCUT2D eigenvalue weighted by atomic mass is 10.0. The number of amides is 2. The normalized spacial score (nSPS) is 11.1. The number of benzene rings is 3. The molecule has 3 rings (SSSR count). The minimum absolute atomic E-state index is 0.156. The number of nitrogens with one attached hydrogen (secondary N) is 2. The number of urea groups is 1. The lowest BCUT2D eigenvalue weighted by Crippen LogP contribution is -2.19. The Kier molecular flexibility index (Phi) is 5.48. The average Bonchev–Trinajstić information content (AvgIpc) is 2.63. The summed E-state index contributed by atoms with van der Waals surface area (Å²) in [6.45, 7) is 3.74. The van der Waals surface area contributed by atoms with Gasteiger partial charge < -0.3 is 10.6 Å². The fraction of sp³-hybridized carbons (Fsp3) is 0.0952. The molecule has 0 spiro atoms. The summed E-state index contributed by atoms with van der Waals surface area (Å²) in [5.74, 6) is 0. The molecule has 7 heteroatoms. The van der Waals surface area contributed by atoms with Gasteiger partial charge in [-0.1, -0.05) is 48.0 Å². The molecule has 3 aromatic carbocycles. The van der Waals surface area contributed by atoms with Crippen LogP contribution in [0.5, 0.6) is 0 Å². The van der Waals surface area contributed by atoms with Crippen molar-refractivity contribution < 1.29 is 17.8 Å². The molecule has 0 saturated carbocycles. The van der Waals surface area contributed by atoms with Gasteiger partial charge in [0.15, 0.2) is 0 Å². The molecule has 0 bridgehead atoms. The van der Waals surface area contributed by atoms with Crippen molar-refractivity contribution in [2.45, 2.75) is 18.7 Å². The molecule has 144 valence electrons. The third kappa shape index (κ3) is 4.57. The van der Waals surface area contributed by atoms with Crippen molar-refractivity contribution in [3.8, 4) is 11.1 Å². The van der Waals surface area contributed by atoms with Crippen molar-refractivity contribution in [3.63, 3.8) is 0 Å². The van der Waals surface area contributed by atoms with Gasteiger partial charge in [-0.3, -0.25) is 4.55 Å². The zero-order valence-corrected chi connectivity index (χ0v) is 16.2. The van der Waals surface area contributed by atoms with Crippen LogP contribution < -0.4 is 10.6 Å². The van der Waals surface area contributed by atoms with Gasteiger partial charge in [-0.05, 0) is 49.2 Å². The van der Waals surface area contributed by atoms with E-state index in [1.165, 1.54) is 6.07 Å². The van der Waals surface area contributed by atoms with Crippen molar-refractivity contribution in [3.05, 3.63) is 77.9 Å². The van der Waals surface area contributed by atoms with Crippen LogP contribution >= 0.6 is 0 Å². The van der Waals surface area contributed by atoms with Crippen LogP contribution in [0.4, 0.5) is 16.2 Å². The molecule has 0 saturated heterocycles. The molecule has 3 aromatic rings. The van der Waals surface area contributed by atoms with E-state index >= 15 is 0 Å². The highest BCUT2D eigenvalue weighted by Crippen LogP contribution is 2.29. The van der Waals surface area contributed by atoms with E-state index in [0.717, 1.165) is 11.1 Å². The van der Waals surface area contributed by atoms with E-state index in [9.17, 15) is 17.8 Å². The number of carbonyl (C=O) groups is 1. The molecule has 3 N–H and O–H groups in total. The highest BCUT2D eigenvalue weighted by molar-refractivity contribution is 7.86. The second-order valence-corrected chi connectivity index (χ2v) is 7.84. The number of hydrogen-bond donors (Lipinski definition) is 3. The summed E-state index contributed by atoms with van der Waals surface area (Å²) in [4.78, 5) is 12.0. The van der Waals surface area contributed by atoms with Crippen molar-refractivity contribution in [2.75, 3.05) is 10.6 Å². The fourth-order valence-electron chi connectivity index (χ4n) is 2.83. The minimum Gasteiger partial charge on any atom is -0.308 e. The van der Waals surface area contributed by atoms with Crippen LogP contribution in [0, 0.1) is 13.8 Å². The van der Waals surface area contributed by atoms with Crippen LogP contribution in [0.3, 0.4) is 0 Å². The van der Waals surface area contributed by atoms with Gasteiger partial charge in [-0.2, -0.15) is 8.42 Å². The van der Waals surface area contributed by atoms with Gasteiger partial charge in [0, 0.05) is 16.9 Å². The van der Waals surface area contributed by atoms with Crippen LogP contribution in [-0.2, 0) is 10.1 Å².